The van der Waals surface area contributed by atoms with Crippen molar-refractivity contribution >= 4 is 29.3 Å². The lowest BCUT2D eigenvalue weighted by Gasteiger charge is -2.11. The number of aromatic nitrogens is 1. The largest absolute Gasteiger partial charge is 0.366 e. The Morgan fingerprint density at radius 1 is 1.57 bits per heavy atom. The van der Waals surface area contributed by atoms with Crippen LogP contribution < -0.4 is 5.32 Å². The molecule has 0 bridgehead atoms. The van der Waals surface area contributed by atoms with E-state index in [0.717, 1.165) is 5.82 Å². The minimum atomic E-state index is 0.618. The van der Waals surface area contributed by atoms with Crippen molar-refractivity contribution < 1.29 is 0 Å². The number of thioether (sulfide) groups is 2. The molecule has 76 valence electrons. The van der Waals surface area contributed by atoms with Gasteiger partial charge in [0, 0.05) is 22.9 Å². The Morgan fingerprint density at radius 2 is 2.50 bits per heavy atom. The highest BCUT2D eigenvalue weighted by atomic mass is 32.2. The maximum absolute atomic E-state index is 4.37. The molecule has 0 amide bonds. The molecule has 1 aliphatic heterocycles. The SMILES string of the molecule is CSc1ccc(NC2CCSC2)nc1. The highest BCUT2D eigenvalue weighted by molar-refractivity contribution is 7.99. The number of hydrogen-bond donors (Lipinski definition) is 1. The fraction of sp³-hybridized carbons (Fsp3) is 0.500. The van der Waals surface area contributed by atoms with Gasteiger partial charge in [-0.1, -0.05) is 0 Å². The second-order valence-corrected chi connectivity index (χ2v) is 5.32. The third kappa shape index (κ3) is 2.58. The van der Waals surface area contributed by atoms with Gasteiger partial charge in [0.25, 0.3) is 0 Å². The van der Waals surface area contributed by atoms with E-state index in [-0.39, 0.29) is 0 Å². The predicted molar refractivity (Wildman–Crippen MR) is 65.4 cm³/mol. The summed E-state index contributed by atoms with van der Waals surface area (Å²) in [4.78, 5) is 5.59. The number of hydrogen-bond acceptors (Lipinski definition) is 4. The monoisotopic (exact) mass is 226 g/mol. The van der Waals surface area contributed by atoms with Gasteiger partial charge in [0.2, 0.25) is 0 Å². The fourth-order valence-electron chi connectivity index (χ4n) is 1.44. The first-order chi connectivity index (χ1) is 6.88. The van der Waals surface area contributed by atoms with Crippen LogP contribution in [0, 0.1) is 0 Å². The third-order valence-electron chi connectivity index (χ3n) is 2.25. The fourth-order valence-corrected chi connectivity index (χ4v) is 2.96. The lowest BCUT2D eigenvalue weighted by atomic mass is 10.2. The van der Waals surface area contributed by atoms with Crippen LogP contribution >= 0.6 is 23.5 Å². The van der Waals surface area contributed by atoms with Gasteiger partial charge in [-0.2, -0.15) is 11.8 Å². The maximum Gasteiger partial charge on any atom is 0.126 e. The standard InChI is InChI=1S/C10H14N2S2/c1-13-9-2-3-10(11-6-9)12-8-4-5-14-7-8/h2-3,6,8H,4-5,7H2,1H3,(H,11,12). The van der Waals surface area contributed by atoms with Crippen molar-refractivity contribution in [1.82, 2.24) is 4.98 Å². The lowest BCUT2D eigenvalue weighted by molar-refractivity contribution is 0.806. The summed E-state index contributed by atoms with van der Waals surface area (Å²) >= 11 is 3.74. The van der Waals surface area contributed by atoms with E-state index in [9.17, 15) is 0 Å². The zero-order valence-corrected chi connectivity index (χ0v) is 9.83. The summed E-state index contributed by atoms with van der Waals surface area (Å²) < 4.78 is 0. The Kier molecular flexibility index (Phi) is 3.59. The van der Waals surface area contributed by atoms with Gasteiger partial charge in [-0.25, -0.2) is 4.98 Å². The zero-order chi connectivity index (χ0) is 9.80. The van der Waals surface area contributed by atoms with Crippen molar-refractivity contribution in [3.05, 3.63) is 18.3 Å². The number of nitrogens with zero attached hydrogens (tertiary/aromatic N) is 1. The summed E-state index contributed by atoms with van der Waals surface area (Å²) in [6, 6.07) is 4.80. The van der Waals surface area contributed by atoms with Crippen LogP contribution in [0.4, 0.5) is 5.82 Å². The van der Waals surface area contributed by atoms with Crippen LogP contribution in [0.25, 0.3) is 0 Å². The Morgan fingerprint density at radius 3 is 3.07 bits per heavy atom. The molecule has 1 N–H and O–H groups in total. The summed E-state index contributed by atoms with van der Waals surface area (Å²) in [5, 5.41) is 3.45. The normalized spacial score (nSPS) is 21.1. The van der Waals surface area contributed by atoms with Gasteiger partial charge >= 0.3 is 0 Å². The average molecular weight is 226 g/mol. The first-order valence-corrected chi connectivity index (χ1v) is 7.11. The van der Waals surface area contributed by atoms with Crippen molar-refractivity contribution in [2.75, 3.05) is 23.1 Å². The molecule has 0 aromatic carbocycles. The second kappa shape index (κ2) is 4.94. The Labute approximate surface area is 93.3 Å². The van der Waals surface area contributed by atoms with Crippen molar-refractivity contribution in [2.24, 2.45) is 0 Å². The van der Waals surface area contributed by atoms with E-state index in [1.807, 2.05) is 18.0 Å². The molecular weight excluding hydrogens is 212 g/mol. The molecule has 1 saturated heterocycles. The van der Waals surface area contributed by atoms with Crippen molar-refractivity contribution in [2.45, 2.75) is 17.4 Å². The molecule has 4 heteroatoms. The number of nitrogens with one attached hydrogen (secondary N) is 1. The lowest BCUT2D eigenvalue weighted by Crippen LogP contribution is -2.18. The van der Waals surface area contributed by atoms with Gasteiger partial charge in [0.1, 0.15) is 5.82 Å². The third-order valence-corrected chi connectivity index (χ3v) is 4.13. The quantitative estimate of drug-likeness (QED) is 0.801. The van der Waals surface area contributed by atoms with Crippen LogP contribution in [0.5, 0.6) is 0 Å². The van der Waals surface area contributed by atoms with Gasteiger partial charge < -0.3 is 5.32 Å². The van der Waals surface area contributed by atoms with Gasteiger partial charge in [0.15, 0.2) is 0 Å². The number of pyridine rings is 1. The summed E-state index contributed by atoms with van der Waals surface area (Å²) in [7, 11) is 0. The Bertz CT molecular complexity index is 281. The Hall–Kier alpha value is -0.350. The molecule has 14 heavy (non-hydrogen) atoms. The Balaban J connectivity index is 1.95. The summed E-state index contributed by atoms with van der Waals surface area (Å²) in [5.74, 6) is 3.50. The van der Waals surface area contributed by atoms with E-state index >= 15 is 0 Å². The zero-order valence-electron chi connectivity index (χ0n) is 8.19. The van der Waals surface area contributed by atoms with Gasteiger partial charge in [-0.15, -0.1) is 11.8 Å². The molecule has 2 rings (SSSR count). The second-order valence-electron chi connectivity index (χ2n) is 3.29. The number of rotatable bonds is 3. The molecule has 1 atom stereocenters. The molecule has 1 aromatic rings. The van der Waals surface area contributed by atoms with E-state index in [1.165, 1.54) is 22.8 Å². The van der Waals surface area contributed by atoms with E-state index < -0.39 is 0 Å². The van der Waals surface area contributed by atoms with E-state index in [2.05, 4.69) is 28.7 Å². The van der Waals surface area contributed by atoms with Gasteiger partial charge in [-0.05, 0) is 30.6 Å². The molecule has 1 aliphatic rings. The molecule has 1 fully saturated rings. The first-order valence-electron chi connectivity index (χ1n) is 4.73. The van der Waals surface area contributed by atoms with Crippen LogP contribution in [0.2, 0.25) is 0 Å². The summed E-state index contributed by atoms with van der Waals surface area (Å²) in [5.41, 5.74) is 0. The molecule has 2 nitrogen and oxygen atoms in total. The number of anilines is 1. The van der Waals surface area contributed by atoms with Gasteiger partial charge in [-0.3, -0.25) is 0 Å². The molecule has 0 aliphatic carbocycles. The molecule has 1 unspecified atom stereocenters. The van der Waals surface area contributed by atoms with Crippen molar-refractivity contribution in [3.8, 4) is 0 Å². The van der Waals surface area contributed by atoms with Crippen molar-refractivity contribution in [3.63, 3.8) is 0 Å². The van der Waals surface area contributed by atoms with Crippen LogP contribution in [0.1, 0.15) is 6.42 Å². The smallest absolute Gasteiger partial charge is 0.126 e. The topological polar surface area (TPSA) is 24.9 Å². The summed E-state index contributed by atoms with van der Waals surface area (Å²) in [6.45, 7) is 0. The molecule has 2 heterocycles. The van der Waals surface area contributed by atoms with E-state index in [4.69, 9.17) is 0 Å². The predicted octanol–water partition coefficient (Wildman–Crippen LogP) is 2.72. The average Bonchev–Trinajstić information content (AvgIpc) is 2.72. The highest BCUT2D eigenvalue weighted by Crippen LogP contribution is 2.21. The first kappa shape index (κ1) is 10.2. The minimum absolute atomic E-state index is 0.618. The van der Waals surface area contributed by atoms with Crippen LogP contribution in [0.15, 0.2) is 23.2 Å². The van der Waals surface area contributed by atoms with E-state index in [0.29, 0.717) is 6.04 Å². The molecule has 0 saturated carbocycles. The molecule has 1 aromatic heterocycles. The van der Waals surface area contributed by atoms with Crippen LogP contribution in [0.3, 0.4) is 0 Å². The van der Waals surface area contributed by atoms with Crippen LogP contribution in [-0.2, 0) is 0 Å². The van der Waals surface area contributed by atoms with Crippen LogP contribution in [-0.4, -0.2) is 28.8 Å². The highest BCUT2D eigenvalue weighted by Gasteiger charge is 2.14. The molecule has 0 radical (unpaired) electrons. The molecular formula is C10H14N2S2. The minimum Gasteiger partial charge on any atom is -0.366 e. The molecule has 0 spiro atoms. The maximum atomic E-state index is 4.37. The summed E-state index contributed by atoms with van der Waals surface area (Å²) in [6.07, 6.45) is 5.25. The van der Waals surface area contributed by atoms with E-state index in [1.54, 1.807) is 11.8 Å². The van der Waals surface area contributed by atoms with Crippen molar-refractivity contribution in [1.29, 1.82) is 0 Å². The van der Waals surface area contributed by atoms with Gasteiger partial charge in [0.05, 0.1) is 0 Å².